The molecule has 0 saturated carbocycles. The molecule has 0 aliphatic carbocycles. The molecule has 0 N–H and O–H groups in total. The molecule has 130 valence electrons. The largest absolute Gasteiger partial charge is 0.383 e. The Morgan fingerprint density at radius 2 is 2.25 bits per heavy atom. The van der Waals surface area contributed by atoms with Gasteiger partial charge in [-0.25, -0.2) is 0 Å². The molecule has 0 bridgehead atoms. The number of aromatic nitrogens is 5. The zero-order valence-corrected chi connectivity index (χ0v) is 14.3. The van der Waals surface area contributed by atoms with Gasteiger partial charge in [0, 0.05) is 44.6 Å². The fourth-order valence-corrected chi connectivity index (χ4v) is 2.73. The third-order valence-electron chi connectivity index (χ3n) is 4.03. The Hall–Kier alpha value is -1.90. The molecule has 1 aliphatic heterocycles. The highest BCUT2D eigenvalue weighted by molar-refractivity contribution is 5.10. The molecule has 1 atom stereocenters. The van der Waals surface area contributed by atoms with Crippen LogP contribution >= 0.6 is 0 Å². The molecule has 2 aromatic rings. The average molecular weight is 332 g/mol. The van der Waals surface area contributed by atoms with E-state index in [0.29, 0.717) is 25.6 Å². The molecule has 24 heavy (non-hydrogen) atoms. The fourth-order valence-electron chi connectivity index (χ4n) is 2.73. The van der Waals surface area contributed by atoms with Gasteiger partial charge in [-0.2, -0.15) is 4.80 Å². The molecule has 2 aromatic heterocycles. The number of tetrazole rings is 1. The number of morpholine rings is 1. The van der Waals surface area contributed by atoms with Gasteiger partial charge in [-0.05, 0) is 24.3 Å². The van der Waals surface area contributed by atoms with E-state index < -0.39 is 0 Å². The van der Waals surface area contributed by atoms with Gasteiger partial charge in [0.2, 0.25) is 5.82 Å². The molecule has 3 rings (SSSR count). The molecular weight excluding hydrogens is 308 g/mol. The second-order valence-electron chi connectivity index (χ2n) is 5.92. The number of pyridine rings is 1. The SMILES string of the molecule is COCCn1nnc(C2CN(CCc3cccc(C)n3)CCO2)n1. The third kappa shape index (κ3) is 4.56. The normalized spacial score (nSPS) is 18.8. The molecule has 8 heteroatoms. The Morgan fingerprint density at radius 3 is 3.08 bits per heavy atom. The van der Waals surface area contributed by atoms with Gasteiger partial charge in [-0.3, -0.25) is 9.88 Å². The highest BCUT2D eigenvalue weighted by Gasteiger charge is 2.25. The summed E-state index contributed by atoms with van der Waals surface area (Å²) in [6.07, 6.45) is 0.808. The highest BCUT2D eigenvalue weighted by atomic mass is 16.5. The maximum absolute atomic E-state index is 5.82. The van der Waals surface area contributed by atoms with Crippen molar-refractivity contribution >= 4 is 0 Å². The summed E-state index contributed by atoms with van der Waals surface area (Å²) in [6, 6.07) is 6.16. The Bertz CT molecular complexity index is 647. The molecular formula is C16H24N6O2. The Morgan fingerprint density at radius 1 is 1.33 bits per heavy atom. The minimum Gasteiger partial charge on any atom is -0.383 e. The molecule has 1 saturated heterocycles. The Kier molecular flexibility index (Phi) is 5.84. The van der Waals surface area contributed by atoms with Crippen LogP contribution < -0.4 is 0 Å². The fraction of sp³-hybridized carbons (Fsp3) is 0.625. The predicted octanol–water partition coefficient (Wildman–Crippen LogP) is 0.639. The lowest BCUT2D eigenvalue weighted by atomic mass is 10.2. The number of ether oxygens (including phenoxy) is 2. The van der Waals surface area contributed by atoms with E-state index in [1.165, 1.54) is 0 Å². The molecule has 1 unspecified atom stereocenters. The number of methoxy groups -OCH3 is 1. The van der Waals surface area contributed by atoms with Crippen LogP contribution in [-0.2, 0) is 22.4 Å². The lowest BCUT2D eigenvalue weighted by molar-refractivity contribution is -0.0341. The number of aryl methyl sites for hydroxylation is 1. The topological polar surface area (TPSA) is 78.2 Å². The number of rotatable bonds is 7. The van der Waals surface area contributed by atoms with Crippen LogP contribution in [0.2, 0.25) is 0 Å². The lowest BCUT2D eigenvalue weighted by Gasteiger charge is -2.31. The molecule has 0 spiro atoms. The first-order valence-corrected chi connectivity index (χ1v) is 8.28. The van der Waals surface area contributed by atoms with E-state index >= 15 is 0 Å². The molecule has 3 heterocycles. The second kappa shape index (κ2) is 8.27. The molecule has 0 aromatic carbocycles. The minimum atomic E-state index is -0.125. The van der Waals surface area contributed by atoms with Crippen molar-refractivity contribution < 1.29 is 9.47 Å². The molecule has 1 aliphatic rings. The van der Waals surface area contributed by atoms with Crippen molar-refractivity contribution in [3.63, 3.8) is 0 Å². The van der Waals surface area contributed by atoms with Gasteiger partial charge in [0.1, 0.15) is 6.10 Å². The van der Waals surface area contributed by atoms with Crippen molar-refractivity contribution in [2.45, 2.75) is 26.0 Å². The van der Waals surface area contributed by atoms with E-state index in [-0.39, 0.29) is 6.10 Å². The van der Waals surface area contributed by atoms with Crippen molar-refractivity contribution in [1.29, 1.82) is 0 Å². The maximum atomic E-state index is 5.82. The van der Waals surface area contributed by atoms with E-state index in [1.54, 1.807) is 11.9 Å². The zero-order chi connectivity index (χ0) is 16.8. The summed E-state index contributed by atoms with van der Waals surface area (Å²) in [6.45, 7) is 6.51. The van der Waals surface area contributed by atoms with Crippen LogP contribution in [0.5, 0.6) is 0 Å². The van der Waals surface area contributed by atoms with E-state index in [0.717, 1.165) is 37.4 Å². The first kappa shape index (κ1) is 16.9. The number of nitrogens with zero attached hydrogens (tertiary/aromatic N) is 6. The van der Waals surface area contributed by atoms with E-state index in [4.69, 9.17) is 9.47 Å². The smallest absolute Gasteiger partial charge is 0.204 e. The van der Waals surface area contributed by atoms with E-state index in [2.05, 4.69) is 37.4 Å². The Balaban J connectivity index is 1.53. The van der Waals surface area contributed by atoms with Crippen molar-refractivity contribution in [3.05, 3.63) is 35.4 Å². The van der Waals surface area contributed by atoms with Gasteiger partial charge >= 0.3 is 0 Å². The summed E-state index contributed by atoms with van der Waals surface area (Å²) < 4.78 is 10.8. The predicted molar refractivity (Wildman–Crippen MR) is 87.5 cm³/mol. The van der Waals surface area contributed by atoms with Gasteiger partial charge in [0.25, 0.3) is 0 Å². The average Bonchev–Trinajstić information content (AvgIpc) is 3.07. The molecule has 0 radical (unpaired) electrons. The zero-order valence-electron chi connectivity index (χ0n) is 14.3. The second-order valence-corrected chi connectivity index (χ2v) is 5.92. The summed E-state index contributed by atoms with van der Waals surface area (Å²) in [5.41, 5.74) is 2.19. The van der Waals surface area contributed by atoms with Crippen molar-refractivity contribution in [3.8, 4) is 0 Å². The van der Waals surface area contributed by atoms with Crippen LogP contribution in [0.15, 0.2) is 18.2 Å². The van der Waals surface area contributed by atoms with E-state index in [1.807, 2.05) is 13.0 Å². The third-order valence-corrected chi connectivity index (χ3v) is 4.03. The van der Waals surface area contributed by atoms with Crippen LogP contribution in [0.3, 0.4) is 0 Å². The van der Waals surface area contributed by atoms with Gasteiger partial charge in [-0.15, -0.1) is 10.2 Å². The summed E-state index contributed by atoms with van der Waals surface area (Å²) >= 11 is 0. The standard InChI is InChI=1S/C16H24N6O2/c1-13-4-3-5-14(17-13)6-7-21-8-11-24-15(12-21)16-18-20-22(19-16)9-10-23-2/h3-5,15H,6-12H2,1-2H3. The van der Waals surface area contributed by atoms with Crippen molar-refractivity contribution in [2.75, 3.05) is 40.0 Å². The van der Waals surface area contributed by atoms with Gasteiger partial charge in [-0.1, -0.05) is 6.07 Å². The summed E-state index contributed by atoms with van der Waals surface area (Å²) in [7, 11) is 1.66. The van der Waals surface area contributed by atoms with Gasteiger partial charge in [0.05, 0.1) is 19.8 Å². The van der Waals surface area contributed by atoms with Crippen molar-refractivity contribution in [1.82, 2.24) is 30.1 Å². The molecule has 8 nitrogen and oxygen atoms in total. The highest BCUT2D eigenvalue weighted by Crippen LogP contribution is 2.18. The van der Waals surface area contributed by atoms with E-state index in [9.17, 15) is 0 Å². The summed E-state index contributed by atoms with van der Waals surface area (Å²) in [5.74, 6) is 0.643. The lowest BCUT2D eigenvalue weighted by Crippen LogP contribution is -2.39. The quantitative estimate of drug-likeness (QED) is 0.736. The first-order chi connectivity index (χ1) is 11.7. The number of hydrogen-bond acceptors (Lipinski definition) is 7. The minimum absolute atomic E-state index is 0.125. The summed E-state index contributed by atoms with van der Waals surface area (Å²) in [5, 5.41) is 12.5. The monoisotopic (exact) mass is 332 g/mol. The first-order valence-electron chi connectivity index (χ1n) is 8.28. The Labute approximate surface area is 141 Å². The van der Waals surface area contributed by atoms with Crippen LogP contribution in [0.1, 0.15) is 23.3 Å². The molecule has 0 amide bonds. The maximum Gasteiger partial charge on any atom is 0.204 e. The van der Waals surface area contributed by atoms with Crippen molar-refractivity contribution in [2.24, 2.45) is 0 Å². The summed E-state index contributed by atoms with van der Waals surface area (Å²) in [4.78, 5) is 8.48. The van der Waals surface area contributed by atoms with Crippen LogP contribution in [-0.4, -0.2) is 70.0 Å². The molecule has 1 fully saturated rings. The van der Waals surface area contributed by atoms with Crippen LogP contribution in [0.25, 0.3) is 0 Å². The van der Waals surface area contributed by atoms with Crippen LogP contribution in [0.4, 0.5) is 0 Å². The van der Waals surface area contributed by atoms with Crippen LogP contribution in [0, 0.1) is 6.92 Å². The van der Waals surface area contributed by atoms with Gasteiger partial charge in [0.15, 0.2) is 0 Å². The number of hydrogen-bond donors (Lipinski definition) is 0. The van der Waals surface area contributed by atoms with Gasteiger partial charge < -0.3 is 9.47 Å².